The molecule has 3 fully saturated rings. The van der Waals surface area contributed by atoms with Crippen molar-refractivity contribution >= 4 is 29.9 Å². The third-order valence-corrected chi connectivity index (χ3v) is 6.74. The number of guanidine groups is 1. The lowest BCUT2D eigenvalue weighted by Gasteiger charge is -2.49. The second kappa shape index (κ2) is 11.8. The average Bonchev–Trinajstić information content (AvgIpc) is 2.71. The van der Waals surface area contributed by atoms with E-state index in [1.807, 2.05) is 7.05 Å². The summed E-state index contributed by atoms with van der Waals surface area (Å²) in [5.41, 5.74) is 0.359. The molecule has 0 amide bonds. The van der Waals surface area contributed by atoms with E-state index in [-0.39, 0.29) is 24.0 Å². The maximum absolute atomic E-state index is 5.80. The summed E-state index contributed by atoms with van der Waals surface area (Å²) in [5.74, 6) is 1.10. The van der Waals surface area contributed by atoms with Gasteiger partial charge in [-0.25, -0.2) is 0 Å². The molecule has 27 heavy (non-hydrogen) atoms. The monoisotopic (exact) mass is 492 g/mol. The van der Waals surface area contributed by atoms with Crippen LogP contribution in [0.25, 0.3) is 0 Å². The van der Waals surface area contributed by atoms with Crippen molar-refractivity contribution in [1.29, 1.82) is 0 Å². The summed E-state index contributed by atoms with van der Waals surface area (Å²) in [6.45, 7) is 8.68. The minimum absolute atomic E-state index is 0. The summed E-state index contributed by atoms with van der Waals surface area (Å²) in [4.78, 5) is 9.87. The van der Waals surface area contributed by atoms with Crippen molar-refractivity contribution in [3.63, 3.8) is 0 Å². The Hall–Kier alpha value is -0.0800. The lowest BCUT2D eigenvalue weighted by atomic mass is 9.79. The first kappa shape index (κ1) is 23.2. The number of nitrogens with zero attached hydrogens (tertiary/aromatic N) is 3. The first-order chi connectivity index (χ1) is 12.8. The van der Waals surface area contributed by atoms with Gasteiger partial charge < -0.3 is 15.0 Å². The summed E-state index contributed by atoms with van der Waals surface area (Å²) in [5, 5.41) is 3.79. The zero-order valence-corrected chi connectivity index (χ0v) is 19.9. The Labute approximate surface area is 183 Å². The first-order valence-electron chi connectivity index (χ1n) is 11.1. The lowest BCUT2D eigenvalue weighted by molar-refractivity contribution is 0.0243. The molecule has 158 valence electrons. The maximum atomic E-state index is 5.80. The van der Waals surface area contributed by atoms with E-state index < -0.39 is 0 Å². The quantitative estimate of drug-likeness (QED) is 0.360. The molecule has 0 aromatic rings. The van der Waals surface area contributed by atoms with Crippen molar-refractivity contribution in [2.45, 2.75) is 82.8 Å². The minimum Gasteiger partial charge on any atom is -0.378 e. The molecule has 3 rings (SSSR count). The van der Waals surface area contributed by atoms with Crippen molar-refractivity contribution in [2.24, 2.45) is 4.99 Å². The molecule has 0 aromatic heterocycles. The molecule has 0 atom stereocenters. The number of halogens is 1. The van der Waals surface area contributed by atoms with Gasteiger partial charge in [-0.2, -0.15) is 0 Å². The Morgan fingerprint density at radius 2 is 1.63 bits per heavy atom. The van der Waals surface area contributed by atoms with Crippen LogP contribution in [-0.2, 0) is 4.74 Å². The van der Waals surface area contributed by atoms with Gasteiger partial charge in [-0.3, -0.25) is 9.89 Å². The van der Waals surface area contributed by atoms with Crippen LogP contribution in [0.1, 0.15) is 71.1 Å². The van der Waals surface area contributed by atoms with Crippen LogP contribution < -0.4 is 5.32 Å². The number of hydrogen-bond acceptors (Lipinski definition) is 3. The summed E-state index contributed by atoms with van der Waals surface area (Å²) < 4.78 is 5.80. The molecular formula is C21H41IN4O. The van der Waals surface area contributed by atoms with Gasteiger partial charge in [-0.15, -0.1) is 24.0 Å². The van der Waals surface area contributed by atoms with Gasteiger partial charge in [0.1, 0.15) is 0 Å². The van der Waals surface area contributed by atoms with E-state index in [1.165, 1.54) is 64.5 Å². The lowest BCUT2D eigenvalue weighted by Crippen LogP contribution is -2.59. The molecular weight excluding hydrogens is 451 g/mol. The second-order valence-corrected chi connectivity index (χ2v) is 8.38. The van der Waals surface area contributed by atoms with E-state index in [0.29, 0.717) is 11.6 Å². The van der Waals surface area contributed by atoms with Crippen LogP contribution in [-0.4, -0.2) is 73.8 Å². The molecule has 0 spiro atoms. The largest absolute Gasteiger partial charge is 0.378 e. The zero-order chi connectivity index (χ0) is 18.2. The van der Waals surface area contributed by atoms with E-state index in [4.69, 9.17) is 4.74 Å². The SMILES string of the molecule is CCOC1CCN(C(=NC)NCC2(N3CCCCC3)CCCCC2)CC1.I. The molecule has 1 N–H and O–H groups in total. The molecule has 2 heterocycles. The summed E-state index contributed by atoms with van der Waals surface area (Å²) >= 11 is 0. The summed E-state index contributed by atoms with van der Waals surface area (Å²) in [6.07, 6.45) is 13.7. The molecule has 2 saturated heterocycles. The van der Waals surface area contributed by atoms with Crippen LogP contribution in [0.2, 0.25) is 0 Å². The van der Waals surface area contributed by atoms with Gasteiger partial charge in [0.15, 0.2) is 5.96 Å². The molecule has 1 aliphatic carbocycles. The third kappa shape index (κ3) is 6.20. The molecule has 1 saturated carbocycles. The number of ether oxygens (including phenoxy) is 1. The van der Waals surface area contributed by atoms with E-state index >= 15 is 0 Å². The highest BCUT2D eigenvalue weighted by Gasteiger charge is 2.38. The fourth-order valence-corrected chi connectivity index (χ4v) is 5.23. The van der Waals surface area contributed by atoms with Crippen LogP contribution in [0.3, 0.4) is 0 Å². The van der Waals surface area contributed by atoms with Crippen molar-refractivity contribution in [1.82, 2.24) is 15.1 Å². The molecule has 6 heteroatoms. The van der Waals surface area contributed by atoms with Crippen LogP contribution >= 0.6 is 24.0 Å². The predicted octanol–water partition coefficient (Wildman–Crippen LogP) is 3.87. The van der Waals surface area contributed by atoms with E-state index in [1.54, 1.807) is 0 Å². The minimum atomic E-state index is 0. The molecule has 0 aromatic carbocycles. The molecule has 2 aliphatic heterocycles. The number of aliphatic imine (C=N–C) groups is 1. The Balaban J connectivity index is 0.00000261. The predicted molar refractivity (Wildman–Crippen MR) is 124 cm³/mol. The van der Waals surface area contributed by atoms with Crippen LogP contribution in [0, 0.1) is 0 Å². The number of likely N-dealkylation sites (tertiary alicyclic amines) is 2. The van der Waals surface area contributed by atoms with Crippen molar-refractivity contribution < 1.29 is 4.74 Å². The van der Waals surface area contributed by atoms with E-state index in [9.17, 15) is 0 Å². The molecule has 0 bridgehead atoms. The fourth-order valence-electron chi connectivity index (χ4n) is 5.23. The van der Waals surface area contributed by atoms with Gasteiger partial charge in [-0.05, 0) is 58.5 Å². The van der Waals surface area contributed by atoms with Crippen molar-refractivity contribution in [3.05, 3.63) is 0 Å². The normalized spacial score (nSPS) is 25.1. The number of rotatable bonds is 5. The van der Waals surface area contributed by atoms with Crippen LogP contribution in [0.15, 0.2) is 4.99 Å². The second-order valence-electron chi connectivity index (χ2n) is 8.38. The fraction of sp³-hybridized carbons (Fsp3) is 0.952. The highest BCUT2D eigenvalue weighted by Crippen LogP contribution is 2.35. The summed E-state index contributed by atoms with van der Waals surface area (Å²) in [7, 11) is 1.94. The van der Waals surface area contributed by atoms with Gasteiger partial charge in [0.05, 0.1) is 6.10 Å². The van der Waals surface area contributed by atoms with E-state index in [2.05, 4.69) is 27.0 Å². The van der Waals surface area contributed by atoms with Gasteiger partial charge >= 0.3 is 0 Å². The Kier molecular flexibility index (Phi) is 10.1. The van der Waals surface area contributed by atoms with Gasteiger partial charge in [0.2, 0.25) is 0 Å². The Morgan fingerprint density at radius 3 is 2.22 bits per heavy atom. The molecule has 5 nitrogen and oxygen atoms in total. The molecule has 0 radical (unpaired) electrons. The molecule has 3 aliphatic rings. The standard InChI is InChI=1S/C21H40N4O.HI/c1-3-26-19-10-16-24(17-11-19)20(22-2)23-18-21(12-6-4-7-13-21)25-14-8-5-9-15-25;/h19H,3-18H2,1-2H3,(H,22,23);1H. The topological polar surface area (TPSA) is 40.1 Å². The Bertz CT molecular complexity index is 439. The third-order valence-electron chi connectivity index (χ3n) is 6.74. The average molecular weight is 492 g/mol. The highest BCUT2D eigenvalue weighted by atomic mass is 127. The number of nitrogens with one attached hydrogen (secondary N) is 1. The first-order valence-corrected chi connectivity index (χ1v) is 11.1. The van der Waals surface area contributed by atoms with Gasteiger partial charge in [0.25, 0.3) is 0 Å². The summed E-state index contributed by atoms with van der Waals surface area (Å²) in [6, 6.07) is 0. The van der Waals surface area contributed by atoms with Crippen molar-refractivity contribution in [2.75, 3.05) is 46.4 Å². The highest BCUT2D eigenvalue weighted by molar-refractivity contribution is 14.0. The maximum Gasteiger partial charge on any atom is 0.193 e. The van der Waals surface area contributed by atoms with E-state index in [0.717, 1.165) is 45.0 Å². The van der Waals surface area contributed by atoms with Gasteiger partial charge in [0, 0.05) is 38.8 Å². The smallest absolute Gasteiger partial charge is 0.193 e. The van der Waals surface area contributed by atoms with Crippen molar-refractivity contribution in [3.8, 4) is 0 Å². The molecule has 0 unspecified atom stereocenters. The number of piperidine rings is 2. The van der Waals surface area contributed by atoms with Crippen LogP contribution in [0.4, 0.5) is 0 Å². The van der Waals surface area contributed by atoms with Gasteiger partial charge in [-0.1, -0.05) is 25.7 Å². The van der Waals surface area contributed by atoms with Crippen LogP contribution in [0.5, 0.6) is 0 Å². The Morgan fingerprint density at radius 1 is 1.00 bits per heavy atom. The zero-order valence-electron chi connectivity index (χ0n) is 17.5. The number of hydrogen-bond donors (Lipinski definition) is 1.